The minimum Gasteiger partial charge on any atom is -0.466 e. The number of rotatable bonds is 9. The van der Waals surface area contributed by atoms with Gasteiger partial charge in [0.1, 0.15) is 0 Å². The van der Waals surface area contributed by atoms with Gasteiger partial charge in [-0.25, -0.2) is 4.98 Å². The fourth-order valence-electron chi connectivity index (χ4n) is 1.49. The Bertz CT molecular complexity index is 382. The average molecular weight is 286 g/mol. The number of carbonyl (C=O) groups is 1. The van der Waals surface area contributed by atoms with Crippen molar-refractivity contribution >= 4 is 22.4 Å². The van der Waals surface area contributed by atoms with Crippen molar-refractivity contribution in [2.45, 2.75) is 26.7 Å². The molecule has 0 aliphatic heterocycles. The molecule has 0 saturated carbocycles. The number of anilines is 1. The zero-order chi connectivity index (χ0) is 14.1. The Hall–Kier alpha value is -1.14. The van der Waals surface area contributed by atoms with Crippen LogP contribution in [-0.2, 0) is 20.7 Å². The van der Waals surface area contributed by atoms with Crippen LogP contribution in [0.2, 0.25) is 0 Å². The molecule has 0 radical (unpaired) electrons. The molecule has 0 saturated heterocycles. The molecule has 1 aromatic rings. The smallest absolute Gasteiger partial charge is 0.306 e. The van der Waals surface area contributed by atoms with Crippen molar-refractivity contribution in [3.05, 3.63) is 11.1 Å². The van der Waals surface area contributed by atoms with Gasteiger partial charge in [0, 0.05) is 32.0 Å². The van der Waals surface area contributed by atoms with E-state index < -0.39 is 0 Å². The number of hydrogen-bond donors (Lipinski definition) is 0. The lowest BCUT2D eigenvalue weighted by atomic mass is 10.2. The van der Waals surface area contributed by atoms with Crippen LogP contribution in [-0.4, -0.2) is 44.4 Å². The van der Waals surface area contributed by atoms with E-state index in [2.05, 4.69) is 9.88 Å². The van der Waals surface area contributed by atoms with Gasteiger partial charge in [0.2, 0.25) is 0 Å². The molecule has 1 heterocycles. The van der Waals surface area contributed by atoms with Crippen molar-refractivity contribution in [2.75, 3.05) is 38.3 Å². The van der Waals surface area contributed by atoms with Crippen LogP contribution in [0.5, 0.6) is 0 Å². The zero-order valence-electron chi connectivity index (χ0n) is 11.8. The van der Waals surface area contributed by atoms with Gasteiger partial charge in [-0.3, -0.25) is 4.79 Å². The molecule has 19 heavy (non-hydrogen) atoms. The van der Waals surface area contributed by atoms with Crippen LogP contribution in [0.3, 0.4) is 0 Å². The molecule has 0 unspecified atom stereocenters. The topological polar surface area (TPSA) is 51.7 Å². The predicted molar refractivity (Wildman–Crippen MR) is 76.8 cm³/mol. The Kier molecular flexibility index (Phi) is 7.43. The van der Waals surface area contributed by atoms with Gasteiger partial charge in [-0.15, -0.1) is 11.3 Å². The van der Waals surface area contributed by atoms with Gasteiger partial charge in [0.25, 0.3) is 0 Å². The molecule has 0 aliphatic rings. The largest absolute Gasteiger partial charge is 0.466 e. The van der Waals surface area contributed by atoms with E-state index in [0.29, 0.717) is 26.1 Å². The van der Waals surface area contributed by atoms with Crippen molar-refractivity contribution in [1.29, 1.82) is 0 Å². The first-order chi connectivity index (χ1) is 9.17. The molecule has 0 atom stereocenters. The highest BCUT2D eigenvalue weighted by Gasteiger charge is 2.09. The third-order valence-electron chi connectivity index (χ3n) is 2.53. The molecule has 6 heteroatoms. The second-order valence-corrected chi connectivity index (χ2v) is 4.88. The summed E-state index contributed by atoms with van der Waals surface area (Å²) in [6.07, 6.45) is 1.02. The minimum atomic E-state index is -0.165. The second kappa shape index (κ2) is 8.87. The molecule has 108 valence electrons. The number of esters is 1. The fraction of sp³-hybridized carbons (Fsp3) is 0.692. The van der Waals surface area contributed by atoms with E-state index in [-0.39, 0.29) is 5.97 Å². The van der Waals surface area contributed by atoms with E-state index in [1.165, 1.54) is 0 Å². The lowest BCUT2D eigenvalue weighted by Gasteiger charge is -2.14. The van der Waals surface area contributed by atoms with E-state index >= 15 is 0 Å². The number of thiazole rings is 1. The molecular weight excluding hydrogens is 264 g/mol. The zero-order valence-corrected chi connectivity index (χ0v) is 12.7. The molecule has 0 aliphatic carbocycles. The van der Waals surface area contributed by atoms with E-state index in [0.717, 1.165) is 24.0 Å². The standard InChI is InChI=1S/C13H22N2O3S/c1-4-17-9-8-15(3)13-14-11(10-19-13)6-7-12(16)18-5-2/h10H,4-9H2,1-3H3. The van der Waals surface area contributed by atoms with Crippen LogP contribution in [0.25, 0.3) is 0 Å². The van der Waals surface area contributed by atoms with Gasteiger partial charge in [0.05, 0.1) is 25.3 Å². The number of aromatic nitrogens is 1. The maximum atomic E-state index is 11.3. The van der Waals surface area contributed by atoms with Gasteiger partial charge in [-0.05, 0) is 13.8 Å². The number of aryl methyl sites for hydroxylation is 1. The highest BCUT2D eigenvalue weighted by Crippen LogP contribution is 2.20. The summed E-state index contributed by atoms with van der Waals surface area (Å²) in [5.74, 6) is -0.165. The number of nitrogens with zero attached hydrogens (tertiary/aromatic N) is 2. The lowest BCUT2D eigenvalue weighted by molar-refractivity contribution is -0.143. The van der Waals surface area contributed by atoms with Crippen LogP contribution >= 0.6 is 11.3 Å². The van der Waals surface area contributed by atoms with Crippen LogP contribution in [0.15, 0.2) is 5.38 Å². The second-order valence-electron chi connectivity index (χ2n) is 4.04. The Labute approximate surface area is 118 Å². The first-order valence-electron chi connectivity index (χ1n) is 6.56. The Morgan fingerprint density at radius 3 is 2.89 bits per heavy atom. The molecular formula is C13H22N2O3S. The quantitative estimate of drug-likeness (QED) is 0.514. The first-order valence-corrected chi connectivity index (χ1v) is 7.44. The maximum absolute atomic E-state index is 11.3. The van der Waals surface area contributed by atoms with E-state index in [9.17, 15) is 4.79 Å². The molecule has 0 bridgehead atoms. The van der Waals surface area contributed by atoms with Crippen LogP contribution in [0.1, 0.15) is 26.0 Å². The van der Waals surface area contributed by atoms with Crippen molar-refractivity contribution < 1.29 is 14.3 Å². The SMILES string of the molecule is CCOCCN(C)c1nc(CCC(=O)OCC)cs1. The van der Waals surface area contributed by atoms with Gasteiger partial charge in [-0.2, -0.15) is 0 Å². The third kappa shape index (κ3) is 6.02. The van der Waals surface area contributed by atoms with Gasteiger partial charge < -0.3 is 14.4 Å². The normalized spacial score (nSPS) is 10.5. The van der Waals surface area contributed by atoms with Gasteiger partial charge in [0.15, 0.2) is 5.13 Å². The Morgan fingerprint density at radius 1 is 1.42 bits per heavy atom. The van der Waals surface area contributed by atoms with Crippen LogP contribution in [0, 0.1) is 0 Å². The molecule has 0 spiro atoms. The summed E-state index contributed by atoms with van der Waals surface area (Å²) < 4.78 is 10.2. The number of carbonyl (C=O) groups excluding carboxylic acids is 1. The molecule has 1 aromatic heterocycles. The lowest BCUT2D eigenvalue weighted by Crippen LogP contribution is -2.22. The van der Waals surface area contributed by atoms with Gasteiger partial charge >= 0.3 is 5.97 Å². The summed E-state index contributed by atoms with van der Waals surface area (Å²) in [6, 6.07) is 0. The first kappa shape index (κ1) is 15.9. The fourth-order valence-corrected chi connectivity index (χ4v) is 2.34. The van der Waals surface area contributed by atoms with Crippen molar-refractivity contribution in [2.24, 2.45) is 0 Å². The molecule has 0 amide bonds. The van der Waals surface area contributed by atoms with E-state index in [1.54, 1.807) is 11.3 Å². The van der Waals surface area contributed by atoms with Crippen molar-refractivity contribution in [3.63, 3.8) is 0 Å². The summed E-state index contributed by atoms with van der Waals surface area (Å²) in [6.45, 7) is 6.48. The number of likely N-dealkylation sites (N-methyl/N-ethyl adjacent to an activating group) is 1. The Balaban J connectivity index is 2.36. The highest BCUT2D eigenvalue weighted by atomic mass is 32.1. The molecule has 5 nitrogen and oxygen atoms in total. The summed E-state index contributed by atoms with van der Waals surface area (Å²) in [5, 5.41) is 2.95. The van der Waals surface area contributed by atoms with E-state index in [4.69, 9.17) is 9.47 Å². The highest BCUT2D eigenvalue weighted by molar-refractivity contribution is 7.13. The van der Waals surface area contributed by atoms with E-state index in [1.807, 2.05) is 26.3 Å². The summed E-state index contributed by atoms with van der Waals surface area (Å²) in [4.78, 5) is 17.8. The summed E-state index contributed by atoms with van der Waals surface area (Å²) in [7, 11) is 1.99. The Morgan fingerprint density at radius 2 is 2.21 bits per heavy atom. The van der Waals surface area contributed by atoms with Gasteiger partial charge in [-0.1, -0.05) is 0 Å². The molecule has 0 N–H and O–H groups in total. The van der Waals surface area contributed by atoms with Crippen molar-refractivity contribution in [1.82, 2.24) is 4.98 Å². The summed E-state index contributed by atoms with van der Waals surface area (Å²) >= 11 is 1.59. The molecule has 0 aromatic carbocycles. The number of ether oxygens (including phenoxy) is 2. The molecule has 1 rings (SSSR count). The van der Waals surface area contributed by atoms with Crippen molar-refractivity contribution in [3.8, 4) is 0 Å². The summed E-state index contributed by atoms with van der Waals surface area (Å²) in [5.41, 5.74) is 0.941. The number of hydrogen-bond acceptors (Lipinski definition) is 6. The molecule has 0 fully saturated rings. The average Bonchev–Trinajstić information content (AvgIpc) is 2.86. The minimum absolute atomic E-state index is 0.165. The monoisotopic (exact) mass is 286 g/mol. The maximum Gasteiger partial charge on any atom is 0.306 e. The van der Waals surface area contributed by atoms with Crippen LogP contribution in [0.4, 0.5) is 5.13 Å². The third-order valence-corrected chi connectivity index (χ3v) is 3.54. The van der Waals surface area contributed by atoms with Crippen LogP contribution < -0.4 is 4.90 Å². The predicted octanol–water partition coefficient (Wildman–Crippen LogP) is 2.11.